The number of fused-ring (bicyclic) bond motifs is 2. The molecule has 4 heterocycles. The largest absolute Gasteiger partial charge is 0.477 e. The predicted octanol–water partition coefficient (Wildman–Crippen LogP) is 4.87. The van der Waals surface area contributed by atoms with Crippen molar-refractivity contribution in [3.63, 3.8) is 0 Å². The summed E-state index contributed by atoms with van der Waals surface area (Å²) in [5.41, 5.74) is 2.47. The fraction of sp³-hybridized carbons (Fsp3) is 0.462. The average molecular weight is 479 g/mol. The Morgan fingerprint density at radius 3 is 2.60 bits per heavy atom. The highest BCUT2D eigenvalue weighted by Crippen LogP contribution is 2.45. The van der Waals surface area contributed by atoms with Crippen molar-refractivity contribution in [1.29, 1.82) is 0 Å². The zero-order valence-electron chi connectivity index (χ0n) is 19.5. The Balaban J connectivity index is 1.20. The normalized spacial score (nSPS) is 23.6. The van der Waals surface area contributed by atoms with E-state index < -0.39 is 5.97 Å². The van der Waals surface area contributed by atoms with E-state index in [2.05, 4.69) is 20.0 Å². The highest BCUT2D eigenvalue weighted by Gasteiger charge is 2.43. The van der Waals surface area contributed by atoms with Gasteiger partial charge in [-0.3, -0.25) is 0 Å². The van der Waals surface area contributed by atoms with Crippen molar-refractivity contribution in [3.05, 3.63) is 58.9 Å². The fourth-order valence-electron chi connectivity index (χ4n) is 5.56. The lowest BCUT2D eigenvalue weighted by Crippen LogP contribution is -2.46. The SMILES string of the molecule is Cc1cc(C(=O)O)nc(N2[C@@H]3CC[C@H]2CC(OCc2c(-c4ccccc4F)noc2C2CC2)C3)n1. The van der Waals surface area contributed by atoms with E-state index in [0.717, 1.165) is 49.8 Å². The van der Waals surface area contributed by atoms with Crippen molar-refractivity contribution < 1.29 is 23.6 Å². The van der Waals surface area contributed by atoms with Gasteiger partial charge in [-0.2, -0.15) is 0 Å². The number of carbonyl (C=O) groups is 1. The molecule has 1 aromatic carbocycles. The molecule has 3 aromatic rings. The fourth-order valence-corrected chi connectivity index (χ4v) is 5.56. The zero-order valence-corrected chi connectivity index (χ0v) is 19.5. The molecule has 1 unspecified atom stereocenters. The van der Waals surface area contributed by atoms with E-state index in [0.29, 0.717) is 35.4 Å². The van der Waals surface area contributed by atoms with Crippen LogP contribution in [-0.2, 0) is 11.3 Å². The third-order valence-electron chi connectivity index (χ3n) is 7.34. The number of aryl methyl sites for hydroxylation is 1. The first-order chi connectivity index (χ1) is 17.0. The number of halogens is 1. The lowest BCUT2D eigenvalue weighted by atomic mass is 9.99. The second-order valence-corrected chi connectivity index (χ2v) is 9.82. The number of anilines is 1. The van der Waals surface area contributed by atoms with Gasteiger partial charge >= 0.3 is 5.97 Å². The summed E-state index contributed by atoms with van der Waals surface area (Å²) in [5.74, 6) is 0.271. The van der Waals surface area contributed by atoms with Gasteiger partial charge in [-0.1, -0.05) is 17.3 Å². The minimum Gasteiger partial charge on any atom is -0.477 e. The van der Waals surface area contributed by atoms with Gasteiger partial charge in [0.1, 0.15) is 17.3 Å². The molecule has 1 aliphatic carbocycles. The Morgan fingerprint density at radius 2 is 1.91 bits per heavy atom. The van der Waals surface area contributed by atoms with Crippen LogP contribution in [0.2, 0.25) is 0 Å². The molecule has 2 aliphatic heterocycles. The molecule has 9 heteroatoms. The smallest absolute Gasteiger partial charge is 0.354 e. The topological polar surface area (TPSA) is 102 Å². The van der Waals surface area contributed by atoms with Crippen LogP contribution < -0.4 is 4.90 Å². The van der Waals surface area contributed by atoms with Crippen LogP contribution >= 0.6 is 0 Å². The van der Waals surface area contributed by atoms with Crippen LogP contribution in [0.15, 0.2) is 34.9 Å². The van der Waals surface area contributed by atoms with Crippen LogP contribution in [-0.4, -0.2) is 44.4 Å². The van der Waals surface area contributed by atoms with Crippen LogP contribution in [0.5, 0.6) is 0 Å². The predicted molar refractivity (Wildman–Crippen MR) is 125 cm³/mol. The average Bonchev–Trinajstić information content (AvgIpc) is 3.54. The summed E-state index contributed by atoms with van der Waals surface area (Å²) < 4.78 is 26.6. The molecule has 2 saturated heterocycles. The number of carboxylic acids is 1. The van der Waals surface area contributed by atoms with Crippen molar-refractivity contribution in [3.8, 4) is 11.3 Å². The molecule has 0 amide bonds. The molecule has 2 bridgehead atoms. The van der Waals surface area contributed by atoms with E-state index in [1.54, 1.807) is 25.1 Å². The Hall–Kier alpha value is -3.33. The molecule has 8 nitrogen and oxygen atoms in total. The maximum Gasteiger partial charge on any atom is 0.354 e. The molecular weight excluding hydrogens is 451 g/mol. The number of nitrogens with zero attached hydrogens (tertiary/aromatic N) is 4. The van der Waals surface area contributed by atoms with Gasteiger partial charge in [-0.25, -0.2) is 19.2 Å². The van der Waals surface area contributed by atoms with Crippen molar-refractivity contribution in [2.24, 2.45) is 0 Å². The quantitative estimate of drug-likeness (QED) is 0.513. The number of aromatic nitrogens is 3. The summed E-state index contributed by atoms with van der Waals surface area (Å²) in [6.45, 7) is 2.12. The molecule has 6 rings (SSSR count). The summed E-state index contributed by atoms with van der Waals surface area (Å²) in [5, 5.41) is 13.6. The lowest BCUT2D eigenvalue weighted by molar-refractivity contribution is 0.0144. The second kappa shape index (κ2) is 8.71. The molecule has 3 aliphatic rings. The van der Waals surface area contributed by atoms with Gasteiger partial charge in [0, 0.05) is 34.8 Å². The van der Waals surface area contributed by atoms with Crippen molar-refractivity contribution in [2.45, 2.75) is 76.2 Å². The minimum atomic E-state index is -1.05. The summed E-state index contributed by atoms with van der Waals surface area (Å²) >= 11 is 0. The van der Waals surface area contributed by atoms with Crippen LogP contribution in [0.25, 0.3) is 11.3 Å². The van der Waals surface area contributed by atoms with Crippen molar-refractivity contribution >= 4 is 11.9 Å². The first-order valence-corrected chi connectivity index (χ1v) is 12.2. The van der Waals surface area contributed by atoms with E-state index in [1.807, 2.05) is 0 Å². The molecule has 35 heavy (non-hydrogen) atoms. The highest BCUT2D eigenvalue weighted by molar-refractivity contribution is 5.85. The van der Waals surface area contributed by atoms with E-state index in [4.69, 9.17) is 9.26 Å². The Morgan fingerprint density at radius 1 is 1.17 bits per heavy atom. The highest BCUT2D eigenvalue weighted by atomic mass is 19.1. The number of rotatable bonds is 7. The molecule has 182 valence electrons. The number of carboxylic acid groups (broad SMARTS) is 1. The third kappa shape index (κ3) is 4.18. The van der Waals surface area contributed by atoms with Gasteiger partial charge in [0.15, 0.2) is 5.69 Å². The number of ether oxygens (including phenoxy) is 1. The number of piperidine rings is 1. The second-order valence-electron chi connectivity index (χ2n) is 9.82. The van der Waals surface area contributed by atoms with Crippen LogP contribution in [0.3, 0.4) is 0 Å². The number of hydrogen-bond donors (Lipinski definition) is 1. The molecule has 3 atom stereocenters. The van der Waals surface area contributed by atoms with E-state index in [9.17, 15) is 14.3 Å². The lowest BCUT2D eigenvalue weighted by Gasteiger charge is -2.39. The summed E-state index contributed by atoms with van der Waals surface area (Å²) in [6, 6.07) is 8.49. The van der Waals surface area contributed by atoms with E-state index in [-0.39, 0.29) is 29.7 Å². The standard InChI is InChI=1S/C26H27FN4O4/c1-14-10-22(25(32)33)29-26(28-14)31-16-8-9-17(31)12-18(11-16)34-13-20-23(19-4-2-3-5-21(19)27)30-35-24(20)15-6-7-15/h2-5,10,15-18H,6-9,11-13H2,1H3,(H,32,33)/t16-,17+,18?. The Bertz CT molecular complexity index is 1260. The Labute approximate surface area is 202 Å². The summed E-state index contributed by atoms with van der Waals surface area (Å²) in [7, 11) is 0. The minimum absolute atomic E-state index is 0.0195. The summed E-state index contributed by atoms with van der Waals surface area (Å²) in [6.07, 6.45) is 5.72. The van der Waals surface area contributed by atoms with Gasteiger partial charge in [0.05, 0.1) is 12.7 Å². The summed E-state index contributed by atoms with van der Waals surface area (Å²) in [4.78, 5) is 22.5. The van der Waals surface area contributed by atoms with Crippen molar-refractivity contribution in [2.75, 3.05) is 4.90 Å². The van der Waals surface area contributed by atoms with Crippen LogP contribution in [0.1, 0.15) is 71.9 Å². The molecular formula is C26H27FN4O4. The zero-order chi connectivity index (χ0) is 24.1. The van der Waals surface area contributed by atoms with Gasteiger partial charge < -0.3 is 19.3 Å². The van der Waals surface area contributed by atoms with Crippen LogP contribution in [0, 0.1) is 12.7 Å². The Kier molecular flexibility index (Phi) is 5.51. The number of hydrogen-bond acceptors (Lipinski definition) is 7. The molecule has 0 radical (unpaired) electrons. The maximum atomic E-state index is 14.5. The van der Waals surface area contributed by atoms with Crippen molar-refractivity contribution in [1.82, 2.24) is 15.1 Å². The maximum absolute atomic E-state index is 14.5. The van der Waals surface area contributed by atoms with Gasteiger partial charge in [0.2, 0.25) is 5.95 Å². The molecule has 2 aromatic heterocycles. The number of benzene rings is 1. The van der Waals surface area contributed by atoms with Gasteiger partial charge in [-0.15, -0.1) is 0 Å². The van der Waals surface area contributed by atoms with Gasteiger partial charge in [-0.05, 0) is 63.6 Å². The molecule has 0 spiro atoms. The first kappa shape index (κ1) is 22.2. The molecule has 1 N–H and O–H groups in total. The third-order valence-corrected chi connectivity index (χ3v) is 7.34. The number of aromatic carboxylic acids is 1. The monoisotopic (exact) mass is 478 g/mol. The molecule has 1 saturated carbocycles. The van der Waals surface area contributed by atoms with Gasteiger partial charge in [0.25, 0.3) is 0 Å². The molecule has 3 fully saturated rings. The first-order valence-electron chi connectivity index (χ1n) is 12.2. The van der Waals surface area contributed by atoms with E-state index >= 15 is 0 Å². The van der Waals surface area contributed by atoms with Crippen LogP contribution in [0.4, 0.5) is 10.3 Å². The van der Waals surface area contributed by atoms with E-state index in [1.165, 1.54) is 12.1 Å².